The molecule has 2 aromatic heterocycles. The van der Waals surface area contributed by atoms with E-state index < -0.39 is 10.0 Å². The van der Waals surface area contributed by atoms with Gasteiger partial charge >= 0.3 is 0 Å². The smallest absolute Gasteiger partial charge is 0.263 e. The van der Waals surface area contributed by atoms with Gasteiger partial charge in [0.25, 0.3) is 10.0 Å². The molecule has 142 valence electrons. The summed E-state index contributed by atoms with van der Waals surface area (Å²) in [5.74, 6) is 0.469. The highest BCUT2D eigenvalue weighted by atomic mass is 35.5. The van der Waals surface area contributed by atoms with Crippen LogP contribution in [0.1, 0.15) is 5.69 Å². The number of nitrogen functional groups attached to an aromatic ring is 1. The van der Waals surface area contributed by atoms with Crippen LogP contribution in [0.2, 0.25) is 5.02 Å². The van der Waals surface area contributed by atoms with Gasteiger partial charge in [0.05, 0.1) is 16.9 Å². The lowest BCUT2D eigenvalue weighted by molar-refractivity contribution is 0.601. The Labute approximate surface area is 166 Å². The summed E-state index contributed by atoms with van der Waals surface area (Å²) in [5, 5.41) is 4.34. The summed E-state index contributed by atoms with van der Waals surface area (Å²) >= 11 is 6.01. The summed E-state index contributed by atoms with van der Waals surface area (Å²) in [6, 6.07) is 14.9. The molecule has 0 amide bonds. The molecule has 2 aromatic carbocycles. The van der Waals surface area contributed by atoms with Crippen LogP contribution in [0, 0.1) is 6.92 Å². The third kappa shape index (κ3) is 3.17. The van der Waals surface area contributed by atoms with Crippen LogP contribution >= 0.6 is 11.6 Å². The molecule has 28 heavy (non-hydrogen) atoms. The second-order valence-corrected chi connectivity index (χ2v) is 8.23. The van der Waals surface area contributed by atoms with Crippen molar-refractivity contribution in [3.8, 4) is 11.1 Å². The Kier molecular flexibility index (Phi) is 4.44. The number of anilines is 2. The van der Waals surface area contributed by atoms with Gasteiger partial charge in [-0.05, 0) is 36.8 Å². The standard InChI is InChI=1S/C19H16ClN5O2S/c1-12-18(19(21)25-17(23-12)10-11-22-25)13-6-8-14(9-7-13)24-28(26,27)16-5-3-2-4-15(16)20/h2-11,24H,21H2,1H3. The van der Waals surface area contributed by atoms with Gasteiger partial charge < -0.3 is 5.73 Å². The lowest BCUT2D eigenvalue weighted by Gasteiger charge is -2.13. The Morgan fingerprint density at radius 2 is 1.79 bits per heavy atom. The molecular formula is C19H16ClN5O2S. The van der Waals surface area contributed by atoms with Crippen molar-refractivity contribution in [2.75, 3.05) is 10.5 Å². The number of rotatable bonds is 4. The van der Waals surface area contributed by atoms with Crippen LogP contribution in [0.3, 0.4) is 0 Å². The molecule has 0 aliphatic rings. The molecule has 0 unspecified atom stereocenters. The molecule has 0 fully saturated rings. The molecule has 0 saturated carbocycles. The van der Waals surface area contributed by atoms with Gasteiger partial charge in [-0.25, -0.2) is 13.4 Å². The summed E-state index contributed by atoms with van der Waals surface area (Å²) < 4.78 is 29.2. The average molecular weight is 414 g/mol. The molecule has 0 saturated heterocycles. The predicted molar refractivity (Wildman–Crippen MR) is 110 cm³/mol. The molecular weight excluding hydrogens is 398 g/mol. The van der Waals surface area contributed by atoms with E-state index in [0.29, 0.717) is 17.2 Å². The van der Waals surface area contributed by atoms with Crippen molar-refractivity contribution in [2.24, 2.45) is 0 Å². The number of nitrogens with two attached hydrogens (primary N) is 1. The van der Waals surface area contributed by atoms with Gasteiger partial charge in [0.1, 0.15) is 10.7 Å². The number of aryl methyl sites for hydroxylation is 1. The maximum absolute atomic E-state index is 12.6. The number of halogens is 1. The first-order chi connectivity index (χ1) is 13.4. The number of nitrogens with one attached hydrogen (secondary N) is 1. The van der Waals surface area contributed by atoms with Gasteiger partial charge in [-0.2, -0.15) is 9.61 Å². The molecule has 4 aromatic rings. The molecule has 9 heteroatoms. The largest absolute Gasteiger partial charge is 0.383 e. The molecule has 0 atom stereocenters. The Balaban J connectivity index is 1.68. The van der Waals surface area contributed by atoms with E-state index in [-0.39, 0.29) is 9.92 Å². The number of fused-ring (bicyclic) bond motifs is 1. The van der Waals surface area contributed by atoms with Crippen LogP contribution in [0.4, 0.5) is 11.5 Å². The number of benzene rings is 2. The van der Waals surface area contributed by atoms with Crippen molar-refractivity contribution in [1.82, 2.24) is 14.6 Å². The highest BCUT2D eigenvalue weighted by molar-refractivity contribution is 7.92. The first kappa shape index (κ1) is 18.3. The molecule has 3 N–H and O–H groups in total. The summed E-state index contributed by atoms with van der Waals surface area (Å²) in [7, 11) is -3.79. The lowest BCUT2D eigenvalue weighted by Crippen LogP contribution is -2.13. The van der Waals surface area contributed by atoms with Crippen molar-refractivity contribution < 1.29 is 8.42 Å². The van der Waals surface area contributed by atoms with E-state index in [1.54, 1.807) is 53.2 Å². The molecule has 4 rings (SSSR count). The summed E-state index contributed by atoms with van der Waals surface area (Å²) in [6.45, 7) is 1.87. The van der Waals surface area contributed by atoms with Gasteiger partial charge in [-0.1, -0.05) is 35.9 Å². The van der Waals surface area contributed by atoms with Gasteiger partial charge in [-0.15, -0.1) is 0 Å². The zero-order valence-corrected chi connectivity index (χ0v) is 16.4. The number of hydrogen-bond acceptors (Lipinski definition) is 5. The first-order valence-electron chi connectivity index (χ1n) is 8.34. The van der Waals surface area contributed by atoms with Crippen molar-refractivity contribution in [3.63, 3.8) is 0 Å². The Morgan fingerprint density at radius 3 is 2.50 bits per heavy atom. The van der Waals surface area contributed by atoms with E-state index in [1.807, 2.05) is 6.92 Å². The molecule has 0 bridgehead atoms. The zero-order valence-electron chi connectivity index (χ0n) is 14.8. The Hall–Kier alpha value is -3.10. The highest BCUT2D eigenvalue weighted by Gasteiger charge is 2.18. The fourth-order valence-electron chi connectivity index (χ4n) is 3.02. The molecule has 0 aliphatic heterocycles. The SMILES string of the molecule is Cc1nc2ccnn2c(N)c1-c1ccc(NS(=O)(=O)c2ccccc2Cl)cc1. The van der Waals surface area contributed by atoms with Crippen LogP contribution in [-0.4, -0.2) is 23.0 Å². The fourth-order valence-corrected chi connectivity index (χ4v) is 4.60. The zero-order chi connectivity index (χ0) is 19.9. The second kappa shape index (κ2) is 6.81. The van der Waals surface area contributed by atoms with Crippen LogP contribution in [0.15, 0.2) is 65.7 Å². The summed E-state index contributed by atoms with van der Waals surface area (Å²) in [6.07, 6.45) is 1.63. The maximum atomic E-state index is 12.6. The maximum Gasteiger partial charge on any atom is 0.263 e. The topological polar surface area (TPSA) is 102 Å². The highest BCUT2D eigenvalue weighted by Crippen LogP contribution is 2.30. The van der Waals surface area contributed by atoms with E-state index in [1.165, 1.54) is 12.1 Å². The van der Waals surface area contributed by atoms with Crippen molar-refractivity contribution in [3.05, 3.63) is 71.5 Å². The molecule has 0 aliphatic carbocycles. The minimum Gasteiger partial charge on any atom is -0.383 e. The van der Waals surface area contributed by atoms with Crippen molar-refractivity contribution in [1.29, 1.82) is 0 Å². The Bertz CT molecular complexity index is 1280. The van der Waals surface area contributed by atoms with Gasteiger partial charge in [0.2, 0.25) is 0 Å². The first-order valence-corrected chi connectivity index (χ1v) is 10.2. The summed E-state index contributed by atoms with van der Waals surface area (Å²) in [4.78, 5) is 4.52. The fraction of sp³-hybridized carbons (Fsp3) is 0.0526. The number of aromatic nitrogens is 3. The number of hydrogen-bond donors (Lipinski definition) is 2. The van der Waals surface area contributed by atoms with Gasteiger partial charge in [0, 0.05) is 17.3 Å². The predicted octanol–water partition coefficient (Wildman–Crippen LogP) is 3.74. The van der Waals surface area contributed by atoms with E-state index in [2.05, 4.69) is 14.8 Å². The van der Waals surface area contributed by atoms with Crippen LogP contribution in [0.25, 0.3) is 16.8 Å². The third-order valence-corrected chi connectivity index (χ3v) is 6.18. The quantitative estimate of drug-likeness (QED) is 0.530. The van der Waals surface area contributed by atoms with Crippen LogP contribution in [-0.2, 0) is 10.0 Å². The molecule has 2 heterocycles. The van der Waals surface area contributed by atoms with E-state index in [0.717, 1.165) is 16.8 Å². The molecule has 0 spiro atoms. The third-order valence-electron chi connectivity index (χ3n) is 4.30. The minimum atomic E-state index is -3.79. The second-order valence-electron chi connectivity index (χ2n) is 6.17. The van der Waals surface area contributed by atoms with Crippen molar-refractivity contribution >= 4 is 38.8 Å². The van der Waals surface area contributed by atoms with Gasteiger partial charge in [0.15, 0.2) is 5.65 Å². The molecule has 7 nitrogen and oxygen atoms in total. The van der Waals surface area contributed by atoms with Crippen molar-refractivity contribution in [2.45, 2.75) is 11.8 Å². The van der Waals surface area contributed by atoms with E-state index in [9.17, 15) is 8.42 Å². The number of nitrogens with zero attached hydrogens (tertiary/aromatic N) is 3. The van der Waals surface area contributed by atoms with E-state index >= 15 is 0 Å². The van der Waals surface area contributed by atoms with E-state index in [4.69, 9.17) is 17.3 Å². The van der Waals surface area contributed by atoms with Gasteiger partial charge in [-0.3, -0.25) is 4.72 Å². The number of sulfonamides is 1. The minimum absolute atomic E-state index is 0.0224. The normalized spacial score (nSPS) is 11.6. The monoisotopic (exact) mass is 413 g/mol. The lowest BCUT2D eigenvalue weighted by atomic mass is 10.0. The van der Waals surface area contributed by atoms with Crippen LogP contribution < -0.4 is 10.5 Å². The average Bonchev–Trinajstić information content (AvgIpc) is 3.11. The van der Waals surface area contributed by atoms with Crippen LogP contribution in [0.5, 0.6) is 0 Å². The summed E-state index contributed by atoms with van der Waals surface area (Å²) in [5.41, 5.74) is 9.65. The molecule has 0 radical (unpaired) electrons. The Morgan fingerprint density at radius 1 is 1.07 bits per heavy atom.